The van der Waals surface area contributed by atoms with Crippen molar-refractivity contribution in [3.63, 3.8) is 0 Å². The Labute approximate surface area is 177 Å². The van der Waals surface area contributed by atoms with Crippen LogP contribution in [0.3, 0.4) is 0 Å². The molecule has 2 fully saturated rings. The summed E-state index contributed by atoms with van der Waals surface area (Å²) in [4.78, 5) is 70.2. The molecule has 10 heteroatoms. The minimum atomic E-state index is -2.70. The molecule has 0 radical (unpaired) electrons. The van der Waals surface area contributed by atoms with E-state index in [0.717, 1.165) is 6.20 Å². The van der Waals surface area contributed by atoms with Crippen molar-refractivity contribution in [1.82, 2.24) is 9.88 Å². The van der Waals surface area contributed by atoms with Gasteiger partial charge in [-0.05, 0) is 45.3 Å². The van der Waals surface area contributed by atoms with Crippen molar-refractivity contribution in [3.05, 3.63) is 23.0 Å². The second kappa shape index (κ2) is 6.76. The average Bonchev–Trinajstić information content (AvgIpc) is 2.67. The molecule has 1 aromatic rings. The van der Waals surface area contributed by atoms with Gasteiger partial charge in [0.1, 0.15) is 5.75 Å². The van der Waals surface area contributed by atoms with Crippen LogP contribution >= 0.6 is 0 Å². The zero-order chi connectivity index (χ0) is 23.0. The van der Waals surface area contributed by atoms with Gasteiger partial charge in [-0.3, -0.25) is 33.9 Å². The van der Waals surface area contributed by atoms with Crippen LogP contribution in [0.2, 0.25) is 0 Å². The van der Waals surface area contributed by atoms with Crippen LogP contribution in [0.15, 0.2) is 6.20 Å². The minimum Gasteiger partial charge on any atom is -0.506 e. The Morgan fingerprint density at radius 2 is 1.87 bits per heavy atom. The summed E-state index contributed by atoms with van der Waals surface area (Å²) in [6.45, 7) is 1.68. The van der Waals surface area contributed by atoms with E-state index < -0.39 is 64.4 Å². The fourth-order valence-electron chi connectivity index (χ4n) is 5.64. The highest BCUT2D eigenvalue weighted by Gasteiger charge is 2.69. The van der Waals surface area contributed by atoms with Crippen molar-refractivity contribution in [3.8, 4) is 5.75 Å². The summed E-state index contributed by atoms with van der Waals surface area (Å²) < 4.78 is 0. The van der Waals surface area contributed by atoms with Gasteiger partial charge in [0.2, 0.25) is 5.91 Å². The lowest BCUT2D eigenvalue weighted by molar-refractivity contribution is -0.181. The molecule has 1 amide bonds. The number of Topliss-reactive ketones (excluding diaryl/α,β-unsaturated/α-hetero) is 4. The van der Waals surface area contributed by atoms with Gasteiger partial charge in [0.05, 0.1) is 23.7 Å². The summed E-state index contributed by atoms with van der Waals surface area (Å²) in [5.74, 6) is -10.5. The molecular formula is C21H23N3O7. The van der Waals surface area contributed by atoms with E-state index in [0.29, 0.717) is 11.3 Å². The quantitative estimate of drug-likeness (QED) is 0.477. The second-order valence-electron chi connectivity index (χ2n) is 8.87. The molecule has 4 N–H and O–H groups in total. The van der Waals surface area contributed by atoms with Gasteiger partial charge in [-0.15, -0.1) is 0 Å². The predicted octanol–water partition coefficient (Wildman–Crippen LogP) is -1.43. The Bertz CT molecular complexity index is 1070. The summed E-state index contributed by atoms with van der Waals surface area (Å²) in [5, 5.41) is 21.6. The highest BCUT2D eigenvalue weighted by Crippen LogP contribution is 2.50. The van der Waals surface area contributed by atoms with Crippen LogP contribution in [0, 0.1) is 30.6 Å². The van der Waals surface area contributed by atoms with Gasteiger partial charge in [0.15, 0.2) is 34.7 Å². The first-order valence-corrected chi connectivity index (χ1v) is 9.95. The molecule has 0 spiro atoms. The second-order valence-corrected chi connectivity index (χ2v) is 8.87. The third kappa shape index (κ3) is 2.64. The highest BCUT2D eigenvalue weighted by atomic mass is 16.3. The first-order valence-electron chi connectivity index (χ1n) is 9.95. The highest BCUT2D eigenvalue weighted by molar-refractivity contribution is 6.32. The van der Waals surface area contributed by atoms with Crippen molar-refractivity contribution in [1.29, 1.82) is 0 Å². The van der Waals surface area contributed by atoms with Gasteiger partial charge >= 0.3 is 0 Å². The zero-order valence-corrected chi connectivity index (χ0v) is 17.3. The molecular weight excluding hydrogens is 406 g/mol. The third-order valence-electron chi connectivity index (χ3n) is 7.03. The largest absolute Gasteiger partial charge is 0.506 e. The number of aryl methyl sites for hydroxylation is 1. The number of likely N-dealkylation sites (N-methyl/N-ethyl adjacent to an activating group) is 1. The van der Waals surface area contributed by atoms with Gasteiger partial charge in [-0.2, -0.15) is 0 Å². The Balaban J connectivity index is 1.88. The summed E-state index contributed by atoms with van der Waals surface area (Å²) >= 11 is 0. The summed E-state index contributed by atoms with van der Waals surface area (Å²) in [5.41, 5.74) is 3.56. The fourth-order valence-corrected chi connectivity index (χ4v) is 5.64. The van der Waals surface area contributed by atoms with E-state index >= 15 is 0 Å². The minimum absolute atomic E-state index is 0.0268. The maximum atomic E-state index is 13.5. The van der Waals surface area contributed by atoms with Crippen LogP contribution < -0.4 is 5.73 Å². The molecule has 0 saturated heterocycles. The standard InChI is InChI=1S/C21H23N3O7/c1-7-9-4-8-5-10-15(24(2)3)17(27)14(20(22)30)19(29)21(10,31)18(28)12(8)16(26)13(9)11(25)6-23-7/h6,8,10,12,14-15,25,31H,4-5H2,1-3H3,(H2,22,30)/t8-,10-,12?,14?,15-,21-/m0/s1. The van der Waals surface area contributed by atoms with E-state index in [2.05, 4.69) is 4.98 Å². The summed E-state index contributed by atoms with van der Waals surface area (Å²) in [6, 6.07) is -1.11. The van der Waals surface area contributed by atoms with Crippen molar-refractivity contribution in [2.45, 2.75) is 31.4 Å². The number of aromatic nitrogens is 1. The Morgan fingerprint density at radius 3 is 2.45 bits per heavy atom. The number of ketones is 4. The first-order chi connectivity index (χ1) is 14.4. The van der Waals surface area contributed by atoms with Crippen molar-refractivity contribution >= 4 is 29.0 Å². The van der Waals surface area contributed by atoms with Crippen molar-refractivity contribution in [2.24, 2.45) is 29.4 Å². The van der Waals surface area contributed by atoms with Crippen LogP contribution in [0.25, 0.3) is 0 Å². The van der Waals surface area contributed by atoms with Gasteiger partial charge < -0.3 is 15.9 Å². The predicted molar refractivity (Wildman–Crippen MR) is 104 cm³/mol. The molecule has 0 aromatic carbocycles. The average molecular weight is 429 g/mol. The summed E-state index contributed by atoms with van der Waals surface area (Å²) in [7, 11) is 3.08. The van der Waals surface area contributed by atoms with Crippen molar-refractivity contribution in [2.75, 3.05) is 14.1 Å². The lowest BCUT2D eigenvalue weighted by Crippen LogP contribution is -2.74. The van der Waals surface area contributed by atoms with E-state index in [-0.39, 0.29) is 24.2 Å². The molecule has 0 aliphatic heterocycles. The van der Waals surface area contributed by atoms with E-state index in [4.69, 9.17) is 5.73 Å². The molecule has 0 bridgehead atoms. The number of hydrogen-bond acceptors (Lipinski definition) is 9. The molecule has 4 rings (SSSR count). The lowest BCUT2D eigenvalue weighted by Gasteiger charge is -2.52. The molecule has 2 unspecified atom stereocenters. The molecule has 3 aliphatic rings. The Morgan fingerprint density at radius 1 is 1.23 bits per heavy atom. The fraction of sp³-hybridized carbons (Fsp3) is 0.524. The normalized spacial score (nSPS) is 34.9. The molecule has 164 valence electrons. The van der Waals surface area contributed by atoms with Gasteiger partial charge in [0, 0.05) is 11.6 Å². The van der Waals surface area contributed by atoms with E-state index in [1.54, 1.807) is 21.0 Å². The molecule has 6 atom stereocenters. The summed E-state index contributed by atoms with van der Waals surface area (Å²) in [6.07, 6.45) is 1.37. The number of fused-ring (bicyclic) bond motifs is 3. The first kappa shape index (κ1) is 21.3. The number of aromatic hydroxyl groups is 1. The maximum absolute atomic E-state index is 13.5. The number of rotatable bonds is 2. The third-order valence-corrected chi connectivity index (χ3v) is 7.03. The van der Waals surface area contributed by atoms with E-state index in [1.165, 1.54) is 4.90 Å². The molecule has 1 heterocycles. The number of amides is 1. The Kier molecular flexibility index (Phi) is 4.64. The maximum Gasteiger partial charge on any atom is 0.235 e. The molecule has 3 aliphatic carbocycles. The zero-order valence-electron chi connectivity index (χ0n) is 17.3. The molecule has 2 saturated carbocycles. The lowest BCUT2D eigenvalue weighted by atomic mass is 9.52. The van der Waals surface area contributed by atoms with Crippen molar-refractivity contribution < 1.29 is 34.2 Å². The van der Waals surface area contributed by atoms with E-state index in [9.17, 15) is 34.2 Å². The smallest absolute Gasteiger partial charge is 0.235 e. The van der Waals surface area contributed by atoms with Gasteiger partial charge in [0.25, 0.3) is 0 Å². The van der Waals surface area contributed by atoms with E-state index in [1.807, 2.05) is 0 Å². The van der Waals surface area contributed by atoms with Crippen LogP contribution in [-0.2, 0) is 25.6 Å². The molecule has 10 nitrogen and oxygen atoms in total. The number of aliphatic hydroxyl groups is 1. The number of hydrogen-bond donors (Lipinski definition) is 3. The van der Waals surface area contributed by atoms with Crippen LogP contribution in [0.5, 0.6) is 5.75 Å². The number of nitrogens with zero attached hydrogens (tertiary/aromatic N) is 2. The monoisotopic (exact) mass is 429 g/mol. The van der Waals surface area contributed by atoms with Gasteiger partial charge in [-0.25, -0.2) is 0 Å². The number of pyridine rings is 1. The van der Waals surface area contributed by atoms with Crippen LogP contribution in [-0.4, -0.2) is 74.9 Å². The number of primary amides is 1. The number of carbonyl (C=O) groups excluding carboxylic acids is 5. The number of carbonyl (C=O) groups is 5. The van der Waals surface area contributed by atoms with Gasteiger partial charge in [-0.1, -0.05) is 0 Å². The van der Waals surface area contributed by atoms with Crippen LogP contribution in [0.1, 0.15) is 28.0 Å². The number of nitrogens with two attached hydrogens (primary N) is 1. The SMILES string of the molecule is Cc1ncc(O)c2c1C[C@H]1C[C@H]3[C@H](N(C)C)C(=O)C(C(N)=O)C(=O)[C@@]3(O)C(=O)C1C2=O. The molecule has 1 aromatic heterocycles. The topological polar surface area (TPSA) is 168 Å². The Hall–Kier alpha value is -2.98. The van der Waals surface area contributed by atoms with Crippen LogP contribution in [0.4, 0.5) is 0 Å². The molecule has 31 heavy (non-hydrogen) atoms.